The zero-order valence-electron chi connectivity index (χ0n) is 11.1. The van der Waals surface area contributed by atoms with Gasteiger partial charge in [-0.25, -0.2) is 4.79 Å². The van der Waals surface area contributed by atoms with Crippen LogP contribution in [0.15, 0.2) is 11.3 Å². The van der Waals surface area contributed by atoms with Gasteiger partial charge in [0.15, 0.2) is 0 Å². The van der Waals surface area contributed by atoms with Crippen LogP contribution in [0, 0.1) is 0 Å². The van der Waals surface area contributed by atoms with E-state index >= 15 is 0 Å². The summed E-state index contributed by atoms with van der Waals surface area (Å²) in [5.41, 5.74) is 6.54. The van der Waals surface area contributed by atoms with E-state index in [2.05, 4.69) is 22.6 Å². The Morgan fingerprint density at radius 3 is 2.74 bits per heavy atom. The minimum absolute atomic E-state index is 0.123. The summed E-state index contributed by atoms with van der Waals surface area (Å²) >= 11 is 3.80. The van der Waals surface area contributed by atoms with Gasteiger partial charge in [0, 0.05) is 10.2 Å². The van der Waals surface area contributed by atoms with E-state index in [0.717, 1.165) is 11.3 Å². The lowest BCUT2D eigenvalue weighted by Crippen LogP contribution is -2.68. The number of nitrogens with zero attached hydrogens (tertiary/aromatic N) is 1. The fourth-order valence-electron chi connectivity index (χ4n) is 2.00. The quantitative estimate of drug-likeness (QED) is 0.329. The normalized spacial score (nSPS) is 27.0. The monoisotopic (exact) mass is 396 g/mol. The number of esters is 1. The van der Waals surface area contributed by atoms with Gasteiger partial charge in [0.2, 0.25) is 5.91 Å². The average Bonchev–Trinajstić information content (AvgIpc) is 2.33. The number of fused-ring (bicyclic) bond motifs is 1. The van der Waals surface area contributed by atoms with Crippen molar-refractivity contribution in [2.75, 3.05) is 10.2 Å². The minimum atomic E-state index is -0.573. The number of nitrogens with two attached hydrogens (primary N) is 1. The molecule has 0 aliphatic carbocycles. The molecule has 0 radical (unpaired) electrons. The highest BCUT2D eigenvalue weighted by Gasteiger charge is 2.52. The van der Waals surface area contributed by atoms with Crippen molar-refractivity contribution in [3.8, 4) is 0 Å². The number of hydrogen-bond acceptors (Lipinski definition) is 5. The summed E-state index contributed by atoms with van der Waals surface area (Å²) in [6.45, 7) is 5.44. The zero-order valence-corrected chi connectivity index (χ0v) is 14.1. The third-order valence-corrected chi connectivity index (χ3v) is 5.12. The molecule has 0 bridgehead atoms. The first-order valence-electron chi connectivity index (χ1n) is 5.98. The number of rotatable bonds is 2. The van der Waals surface area contributed by atoms with Crippen LogP contribution in [0.1, 0.15) is 20.8 Å². The second kappa shape index (κ2) is 5.25. The fraction of sp³-hybridized carbons (Fsp3) is 0.667. The van der Waals surface area contributed by atoms with E-state index in [1.807, 2.05) is 20.8 Å². The predicted octanol–water partition coefficient (Wildman–Crippen LogP) is 1.26. The van der Waals surface area contributed by atoms with E-state index in [0.29, 0.717) is 10.1 Å². The Morgan fingerprint density at radius 2 is 2.21 bits per heavy atom. The van der Waals surface area contributed by atoms with Gasteiger partial charge < -0.3 is 10.5 Å². The highest BCUT2D eigenvalue weighted by molar-refractivity contribution is 14.1. The molecule has 1 amide bonds. The van der Waals surface area contributed by atoms with Crippen molar-refractivity contribution < 1.29 is 14.3 Å². The van der Waals surface area contributed by atoms with Gasteiger partial charge in [-0.1, -0.05) is 22.6 Å². The topological polar surface area (TPSA) is 72.6 Å². The molecule has 0 aromatic rings. The van der Waals surface area contributed by atoms with E-state index in [1.54, 1.807) is 11.8 Å². The summed E-state index contributed by atoms with van der Waals surface area (Å²) in [4.78, 5) is 25.7. The summed E-state index contributed by atoms with van der Waals surface area (Å²) < 4.78 is 6.10. The molecular formula is C12H17IN2O3S. The summed E-state index contributed by atoms with van der Waals surface area (Å²) in [7, 11) is 0. The van der Waals surface area contributed by atoms with Gasteiger partial charge in [-0.2, -0.15) is 0 Å². The van der Waals surface area contributed by atoms with E-state index in [4.69, 9.17) is 10.5 Å². The summed E-state index contributed by atoms with van der Waals surface area (Å²) in [5, 5.41) is -0.123. The van der Waals surface area contributed by atoms with Crippen LogP contribution in [0.5, 0.6) is 0 Å². The van der Waals surface area contributed by atoms with Crippen LogP contribution >= 0.6 is 34.4 Å². The third-order valence-electron chi connectivity index (χ3n) is 2.84. The number of alkyl halides is 1. The van der Waals surface area contributed by atoms with Crippen LogP contribution in [0.4, 0.5) is 0 Å². The number of carbonyl (C=O) groups is 2. The number of thioether (sulfide) groups is 1. The number of β-lactam (4-membered cyclic amide) rings is 1. The van der Waals surface area contributed by atoms with Gasteiger partial charge >= 0.3 is 5.97 Å². The Labute approximate surface area is 130 Å². The molecule has 0 aromatic carbocycles. The maximum Gasteiger partial charge on any atom is 0.355 e. The highest BCUT2D eigenvalue weighted by Crippen LogP contribution is 2.40. The van der Waals surface area contributed by atoms with E-state index < -0.39 is 17.6 Å². The molecule has 2 aliphatic rings. The molecule has 1 fully saturated rings. The van der Waals surface area contributed by atoms with Crippen LogP contribution < -0.4 is 5.73 Å². The maximum absolute atomic E-state index is 12.3. The van der Waals surface area contributed by atoms with Gasteiger partial charge in [-0.15, -0.1) is 11.8 Å². The van der Waals surface area contributed by atoms with Crippen molar-refractivity contribution in [3.05, 3.63) is 11.3 Å². The number of halogens is 1. The first kappa shape index (κ1) is 15.1. The van der Waals surface area contributed by atoms with Crippen molar-refractivity contribution in [2.24, 2.45) is 5.73 Å². The molecule has 106 valence electrons. The first-order chi connectivity index (χ1) is 8.76. The van der Waals surface area contributed by atoms with Gasteiger partial charge in [0.05, 0.1) is 0 Å². The second-order valence-electron chi connectivity index (χ2n) is 5.52. The number of hydrogen-bond donors (Lipinski definition) is 1. The van der Waals surface area contributed by atoms with Crippen molar-refractivity contribution in [3.63, 3.8) is 0 Å². The highest BCUT2D eigenvalue weighted by atomic mass is 127. The first-order valence-corrected chi connectivity index (χ1v) is 8.55. The molecule has 2 atom stereocenters. The van der Waals surface area contributed by atoms with Crippen LogP contribution in [0.25, 0.3) is 0 Å². The van der Waals surface area contributed by atoms with Crippen LogP contribution in [-0.2, 0) is 14.3 Å². The lowest BCUT2D eigenvalue weighted by molar-refractivity contribution is -0.157. The van der Waals surface area contributed by atoms with Crippen LogP contribution in [0.3, 0.4) is 0 Å². The maximum atomic E-state index is 12.3. The van der Waals surface area contributed by atoms with E-state index in [-0.39, 0.29) is 11.3 Å². The van der Waals surface area contributed by atoms with Gasteiger partial charge in [0.1, 0.15) is 22.7 Å². The number of ether oxygens (including phenoxy) is 1. The molecular weight excluding hydrogens is 379 g/mol. The lowest BCUT2D eigenvalue weighted by atomic mass is 10.0. The van der Waals surface area contributed by atoms with Crippen molar-refractivity contribution in [1.82, 2.24) is 4.90 Å². The molecule has 0 saturated carbocycles. The van der Waals surface area contributed by atoms with Crippen molar-refractivity contribution in [1.29, 1.82) is 0 Å². The molecule has 0 spiro atoms. The smallest absolute Gasteiger partial charge is 0.355 e. The molecule has 0 aromatic heterocycles. The van der Waals surface area contributed by atoms with Crippen LogP contribution in [0.2, 0.25) is 0 Å². The van der Waals surface area contributed by atoms with Crippen molar-refractivity contribution >= 4 is 46.2 Å². The number of amides is 1. The Kier molecular flexibility index (Phi) is 4.18. The Bertz CT molecular complexity index is 458. The summed E-state index contributed by atoms with van der Waals surface area (Å²) in [6.07, 6.45) is 0. The largest absolute Gasteiger partial charge is 0.455 e. The Morgan fingerprint density at radius 1 is 1.58 bits per heavy atom. The summed E-state index contributed by atoms with van der Waals surface area (Å²) in [6, 6.07) is -0.502. The van der Waals surface area contributed by atoms with Gasteiger partial charge in [-0.05, 0) is 26.3 Å². The van der Waals surface area contributed by atoms with E-state index in [9.17, 15) is 9.59 Å². The molecule has 1 unspecified atom stereocenters. The summed E-state index contributed by atoms with van der Waals surface area (Å²) in [5.74, 6) is 0.102. The molecule has 2 heterocycles. The molecule has 19 heavy (non-hydrogen) atoms. The third kappa shape index (κ3) is 2.78. The fourth-order valence-corrected chi connectivity index (χ4v) is 4.29. The molecule has 2 N–H and O–H groups in total. The molecule has 2 rings (SSSR count). The zero-order chi connectivity index (χ0) is 14.4. The molecule has 7 heteroatoms. The van der Waals surface area contributed by atoms with Gasteiger partial charge in [0.25, 0.3) is 0 Å². The molecule has 5 nitrogen and oxygen atoms in total. The van der Waals surface area contributed by atoms with Gasteiger partial charge in [-0.3, -0.25) is 9.69 Å². The van der Waals surface area contributed by atoms with Crippen LogP contribution in [-0.4, -0.2) is 44.0 Å². The second-order valence-corrected chi connectivity index (χ2v) is 7.39. The lowest BCUT2D eigenvalue weighted by Gasteiger charge is -2.48. The molecule has 1 saturated heterocycles. The number of carbonyl (C=O) groups excluding carboxylic acids is 2. The Balaban J connectivity index is 2.30. The molecule has 2 aliphatic heterocycles. The standard InChI is InChI=1S/C12H17IN2O3S/c1-12(2,3)18-11(17)8-6(4-13)5-19-10-7(14)9(16)15(8)10/h7,10H,4-5,14H2,1-3H3/t7?,10-/m0/s1. The van der Waals surface area contributed by atoms with Crippen molar-refractivity contribution in [2.45, 2.75) is 37.8 Å². The SMILES string of the molecule is CC(C)(C)OC(=O)C1=C(CI)CS[C@H]2C(N)C(=O)N12. The minimum Gasteiger partial charge on any atom is -0.455 e. The average molecular weight is 396 g/mol. The van der Waals surface area contributed by atoms with E-state index in [1.165, 1.54) is 4.90 Å². The Hall–Kier alpha value is -0.280. The predicted molar refractivity (Wildman–Crippen MR) is 82.8 cm³/mol.